The number of aliphatic hydroxyl groups is 5. The lowest BCUT2D eigenvalue weighted by Gasteiger charge is -2.40. The molecule has 1 saturated heterocycles. The van der Waals surface area contributed by atoms with E-state index in [1.807, 2.05) is 0 Å². The molecule has 7 unspecified atom stereocenters. The summed E-state index contributed by atoms with van der Waals surface area (Å²) < 4.78 is 11.3. The van der Waals surface area contributed by atoms with Crippen LogP contribution in [0.3, 0.4) is 0 Å². The molecule has 1 aliphatic heterocycles. The molecule has 0 aromatic rings. The Bertz CT molecular complexity index is 1000. The fraction of sp³-hybridized carbons (Fsp3) is 0.982. The van der Waals surface area contributed by atoms with Gasteiger partial charge in [-0.05, 0) is 12.8 Å². The smallest absolute Gasteiger partial charge is 0.220 e. The predicted octanol–water partition coefficient (Wildman–Crippen LogP) is 14.2. The van der Waals surface area contributed by atoms with E-state index >= 15 is 0 Å². The molecule has 0 aliphatic carbocycles. The second-order valence-corrected chi connectivity index (χ2v) is 20.8. The fourth-order valence-corrected chi connectivity index (χ4v) is 9.81. The summed E-state index contributed by atoms with van der Waals surface area (Å²) in [5.74, 6) is -0.141. The van der Waals surface area contributed by atoms with Gasteiger partial charge in [-0.15, -0.1) is 0 Å². The maximum Gasteiger partial charge on any atom is 0.220 e. The number of amides is 1. The van der Waals surface area contributed by atoms with Crippen molar-refractivity contribution in [1.82, 2.24) is 5.32 Å². The van der Waals surface area contributed by atoms with Gasteiger partial charge >= 0.3 is 0 Å². The molecule has 0 bridgehead atoms. The minimum Gasteiger partial charge on any atom is -0.394 e. The Kier molecular flexibility index (Phi) is 45.8. The van der Waals surface area contributed by atoms with E-state index < -0.39 is 49.5 Å². The van der Waals surface area contributed by atoms with Crippen molar-refractivity contribution in [3.63, 3.8) is 0 Å². The number of unbranched alkanes of at least 4 members (excludes halogenated alkanes) is 41. The average Bonchev–Trinajstić information content (AvgIpc) is 3.32. The summed E-state index contributed by atoms with van der Waals surface area (Å²) in [7, 11) is 0. The molecule has 0 aromatic carbocycles. The Labute approximate surface area is 408 Å². The van der Waals surface area contributed by atoms with Gasteiger partial charge in [-0.25, -0.2) is 0 Å². The zero-order chi connectivity index (χ0) is 48.0. The van der Waals surface area contributed by atoms with Crippen LogP contribution in [0, 0.1) is 0 Å². The van der Waals surface area contributed by atoms with Crippen LogP contribution in [0.15, 0.2) is 0 Å². The van der Waals surface area contributed by atoms with Crippen molar-refractivity contribution in [2.75, 3.05) is 13.2 Å². The van der Waals surface area contributed by atoms with E-state index in [1.165, 1.54) is 238 Å². The number of carbonyl (C=O) groups is 1. The summed E-state index contributed by atoms with van der Waals surface area (Å²) in [6, 6.07) is -0.712. The molecule has 7 atom stereocenters. The van der Waals surface area contributed by atoms with E-state index in [2.05, 4.69) is 19.2 Å². The first-order chi connectivity index (χ1) is 32.3. The van der Waals surface area contributed by atoms with Crippen LogP contribution in [0.2, 0.25) is 0 Å². The van der Waals surface area contributed by atoms with Gasteiger partial charge in [-0.1, -0.05) is 284 Å². The van der Waals surface area contributed by atoms with Crippen molar-refractivity contribution in [2.45, 2.75) is 346 Å². The molecule has 0 saturated carbocycles. The fourth-order valence-electron chi connectivity index (χ4n) is 9.81. The van der Waals surface area contributed by atoms with Crippen molar-refractivity contribution >= 4 is 5.91 Å². The SMILES string of the molecule is CCCCCCCCCCCCCCCCCCCCCCCCCCCCCCCCCCCC(O)C(COC1OC(CO)C(O)C(O)C1O)NC(=O)CCCCCCCCCCCC. The van der Waals surface area contributed by atoms with Crippen LogP contribution in [0.25, 0.3) is 0 Å². The number of ether oxygens (including phenoxy) is 2. The zero-order valence-electron chi connectivity index (χ0n) is 43.7. The van der Waals surface area contributed by atoms with Gasteiger partial charge in [0.25, 0.3) is 0 Å². The normalized spacial score (nSPS) is 19.7. The van der Waals surface area contributed by atoms with E-state index in [9.17, 15) is 30.3 Å². The molecule has 6 N–H and O–H groups in total. The summed E-state index contributed by atoms with van der Waals surface area (Å²) in [4.78, 5) is 13.0. The predicted molar refractivity (Wildman–Crippen MR) is 277 cm³/mol. The Balaban J connectivity index is 2.05. The van der Waals surface area contributed by atoms with Gasteiger partial charge in [0, 0.05) is 6.42 Å². The van der Waals surface area contributed by atoms with Gasteiger partial charge in [-0.2, -0.15) is 0 Å². The third-order valence-corrected chi connectivity index (χ3v) is 14.5. The number of nitrogens with one attached hydrogen (secondary N) is 1. The van der Waals surface area contributed by atoms with E-state index in [0.717, 1.165) is 38.5 Å². The van der Waals surface area contributed by atoms with Gasteiger partial charge in [-0.3, -0.25) is 4.79 Å². The van der Waals surface area contributed by atoms with E-state index in [-0.39, 0.29) is 12.5 Å². The molecule has 0 aromatic heterocycles. The number of rotatable bonds is 51. The highest BCUT2D eigenvalue weighted by Gasteiger charge is 2.44. The molecule has 9 heteroatoms. The highest BCUT2D eigenvalue weighted by molar-refractivity contribution is 5.76. The minimum absolute atomic E-state index is 0.132. The number of aliphatic hydroxyl groups excluding tert-OH is 5. The molecular weight excluding hydrogens is 827 g/mol. The van der Waals surface area contributed by atoms with E-state index in [0.29, 0.717) is 12.8 Å². The van der Waals surface area contributed by atoms with Crippen LogP contribution in [-0.4, -0.2) is 87.5 Å². The van der Waals surface area contributed by atoms with Crippen LogP contribution in [0.1, 0.15) is 303 Å². The molecule has 1 amide bonds. The first kappa shape index (κ1) is 63.2. The Morgan fingerprint density at radius 1 is 0.455 bits per heavy atom. The van der Waals surface area contributed by atoms with Gasteiger partial charge < -0.3 is 40.3 Å². The molecule has 1 rings (SSSR count). The van der Waals surface area contributed by atoms with E-state index in [1.54, 1.807) is 0 Å². The topological polar surface area (TPSA) is 149 Å². The molecule has 9 nitrogen and oxygen atoms in total. The van der Waals surface area contributed by atoms with Crippen LogP contribution < -0.4 is 5.32 Å². The lowest BCUT2D eigenvalue weighted by atomic mass is 9.99. The molecule has 1 aliphatic rings. The van der Waals surface area contributed by atoms with Crippen LogP contribution >= 0.6 is 0 Å². The first-order valence-corrected chi connectivity index (χ1v) is 29.2. The van der Waals surface area contributed by atoms with Crippen molar-refractivity contribution in [3.8, 4) is 0 Å². The standard InChI is InChI=1S/C57H113NO8/c1-3-5-7-9-11-13-15-16-17-18-19-20-21-22-23-24-25-26-27-28-29-30-31-32-33-34-35-36-37-38-40-42-44-46-51(60)50(49-65-57-56(64)55(63)54(62)52(48-59)66-57)58-53(61)47-45-43-41-39-14-12-10-8-6-4-2/h50-52,54-57,59-60,62-64H,3-49H2,1-2H3,(H,58,61). The third-order valence-electron chi connectivity index (χ3n) is 14.5. The average molecular weight is 941 g/mol. The second kappa shape index (κ2) is 47.8. The molecule has 66 heavy (non-hydrogen) atoms. The summed E-state index contributed by atoms with van der Waals surface area (Å²) in [5.41, 5.74) is 0. The molecule has 0 spiro atoms. The third kappa shape index (κ3) is 37.1. The second-order valence-electron chi connectivity index (χ2n) is 20.8. The quantitative estimate of drug-likeness (QED) is 0.0330. The Morgan fingerprint density at radius 3 is 1.08 bits per heavy atom. The largest absolute Gasteiger partial charge is 0.394 e. The van der Waals surface area contributed by atoms with Crippen molar-refractivity contribution in [3.05, 3.63) is 0 Å². The Hall–Kier alpha value is -0.810. The maximum atomic E-state index is 13.0. The monoisotopic (exact) mass is 940 g/mol. The summed E-state index contributed by atoms with van der Waals surface area (Å²) >= 11 is 0. The summed E-state index contributed by atoms with van der Waals surface area (Å²) in [6.45, 7) is 3.85. The van der Waals surface area contributed by atoms with Gasteiger partial charge in [0.2, 0.25) is 5.91 Å². The first-order valence-electron chi connectivity index (χ1n) is 29.2. The lowest BCUT2D eigenvalue weighted by molar-refractivity contribution is -0.302. The lowest BCUT2D eigenvalue weighted by Crippen LogP contribution is -2.60. The number of hydrogen-bond acceptors (Lipinski definition) is 8. The van der Waals surface area contributed by atoms with Crippen LogP contribution in [0.4, 0.5) is 0 Å². The zero-order valence-corrected chi connectivity index (χ0v) is 43.7. The minimum atomic E-state index is -1.55. The van der Waals surface area contributed by atoms with Crippen LogP contribution in [-0.2, 0) is 14.3 Å². The summed E-state index contributed by atoms with van der Waals surface area (Å²) in [5, 5.41) is 54.5. The summed E-state index contributed by atoms with van der Waals surface area (Å²) in [6.07, 6.45) is 50.3. The molecular formula is C57H113NO8. The molecule has 394 valence electrons. The molecule has 1 fully saturated rings. The molecule has 1 heterocycles. The highest BCUT2D eigenvalue weighted by Crippen LogP contribution is 2.23. The van der Waals surface area contributed by atoms with Gasteiger partial charge in [0.05, 0.1) is 25.4 Å². The number of carbonyl (C=O) groups excluding carboxylic acids is 1. The van der Waals surface area contributed by atoms with E-state index in [4.69, 9.17) is 9.47 Å². The molecule has 0 radical (unpaired) electrons. The number of hydrogen-bond donors (Lipinski definition) is 6. The van der Waals surface area contributed by atoms with Crippen LogP contribution in [0.5, 0.6) is 0 Å². The Morgan fingerprint density at radius 2 is 0.758 bits per heavy atom. The van der Waals surface area contributed by atoms with Gasteiger partial charge in [0.15, 0.2) is 6.29 Å². The highest BCUT2D eigenvalue weighted by atomic mass is 16.7. The van der Waals surface area contributed by atoms with Crippen molar-refractivity contribution in [1.29, 1.82) is 0 Å². The van der Waals surface area contributed by atoms with Crippen molar-refractivity contribution in [2.24, 2.45) is 0 Å². The van der Waals surface area contributed by atoms with Gasteiger partial charge in [0.1, 0.15) is 24.4 Å². The van der Waals surface area contributed by atoms with Crippen molar-refractivity contribution < 1.29 is 39.8 Å². The maximum absolute atomic E-state index is 13.0.